The molecule has 0 saturated heterocycles. The van der Waals surface area contributed by atoms with Gasteiger partial charge in [-0.2, -0.15) is 0 Å². The lowest BCUT2D eigenvalue weighted by Gasteiger charge is -2.40. The lowest BCUT2D eigenvalue weighted by Crippen LogP contribution is -3.00. The van der Waals surface area contributed by atoms with Crippen molar-refractivity contribution in [3.63, 3.8) is 0 Å². The molecule has 5 rings (SSSR count). The van der Waals surface area contributed by atoms with Crippen LogP contribution in [0.25, 0.3) is 0 Å². The Morgan fingerprint density at radius 3 is 1.63 bits per heavy atom. The van der Waals surface area contributed by atoms with Crippen LogP contribution in [0.2, 0.25) is 0 Å². The number of benzene rings is 3. The van der Waals surface area contributed by atoms with Crippen molar-refractivity contribution in [2.45, 2.75) is 44.2 Å². The first-order chi connectivity index (χ1) is 14.4. The SMILES string of the molecule is C1=C2CCCCC2CC([P+](c2ccccc2)(c2ccccc2)c2ccccc2)C1.[Br-]. The highest BCUT2D eigenvalue weighted by atomic mass is 79.9. The van der Waals surface area contributed by atoms with Crippen molar-refractivity contribution < 1.29 is 17.0 Å². The fraction of sp³-hybridized carbons (Fsp3) is 0.286. The summed E-state index contributed by atoms with van der Waals surface area (Å²) in [6.45, 7) is 0. The van der Waals surface area contributed by atoms with Gasteiger partial charge in [-0.15, -0.1) is 0 Å². The minimum Gasteiger partial charge on any atom is -1.00 e. The van der Waals surface area contributed by atoms with Crippen LogP contribution in [-0.2, 0) is 0 Å². The number of hydrogen-bond donors (Lipinski definition) is 0. The van der Waals surface area contributed by atoms with E-state index < -0.39 is 7.26 Å². The minimum atomic E-state index is -1.74. The van der Waals surface area contributed by atoms with Gasteiger partial charge in [0.2, 0.25) is 0 Å². The van der Waals surface area contributed by atoms with Crippen molar-refractivity contribution in [2.24, 2.45) is 5.92 Å². The molecule has 30 heavy (non-hydrogen) atoms. The van der Waals surface area contributed by atoms with Crippen LogP contribution in [0.1, 0.15) is 38.5 Å². The van der Waals surface area contributed by atoms with Gasteiger partial charge in [-0.25, -0.2) is 0 Å². The van der Waals surface area contributed by atoms with E-state index in [1.165, 1.54) is 54.4 Å². The minimum absolute atomic E-state index is 0. The van der Waals surface area contributed by atoms with Gasteiger partial charge in [-0.05, 0) is 68.0 Å². The van der Waals surface area contributed by atoms with E-state index in [0.29, 0.717) is 5.66 Å². The summed E-state index contributed by atoms with van der Waals surface area (Å²) < 4.78 is 0. The summed E-state index contributed by atoms with van der Waals surface area (Å²) in [5.74, 6) is 0.804. The molecule has 3 aromatic carbocycles. The maximum Gasteiger partial charge on any atom is 0.115 e. The zero-order chi connectivity index (χ0) is 19.5. The van der Waals surface area contributed by atoms with Crippen LogP contribution in [0.15, 0.2) is 103 Å². The number of halogens is 1. The van der Waals surface area contributed by atoms with Crippen LogP contribution >= 0.6 is 7.26 Å². The van der Waals surface area contributed by atoms with E-state index in [4.69, 9.17) is 0 Å². The number of fused-ring (bicyclic) bond motifs is 1. The average Bonchev–Trinajstić information content (AvgIpc) is 2.82. The van der Waals surface area contributed by atoms with Gasteiger partial charge in [-0.1, -0.05) is 72.7 Å². The van der Waals surface area contributed by atoms with E-state index in [2.05, 4.69) is 97.1 Å². The molecule has 2 atom stereocenters. The number of allylic oxidation sites excluding steroid dienone is 2. The molecule has 2 unspecified atom stereocenters. The standard InChI is InChI=1S/C28H30P.BrH/c1-4-14-25(15-5-1)29(26-16-6-2-7-17-26,27-18-8-3-9-19-27)28-21-20-23-12-10-11-13-24(23)22-28;/h1-9,14-20,24,28H,10-13,21-22H2;1H/q+1;/p-1. The second kappa shape index (κ2) is 9.63. The molecule has 2 aliphatic carbocycles. The molecular formula is C28H30BrP. The highest BCUT2D eigenvalue weighted by molar-refractivity contribution is 7.96. The molecule has 0 aromatic heterocycles. The van der Waals surface area contributed by atoms with Gasteiger partial charge in [0, 0.05) is 6.42 Å². The molecule has 0 nitrogen and oxygen atoms in total. The fourth-order valence-corrected chi connectivity index (χ4v) is 10.8. The third-order valence-electron chi connectivity index (χ3n) is 7.04. The van der Waals surface area contributed by atoms with Gasteiger partial charge < -0.3 is 17.0 Å². The fourth-order valence-electron chi connectivity index (χ4n) is 5.74. The summed E-state index contributed by atoms with van der Waals surface area (Å²) in [6.07, 6.45) is 10.7. The lowest BCUT2D eigenvalue weighted by molar-refractivity contribution is -0.00000564. The predicted octanol–water partition coefficient (Wildman–Crippen LogP) is 3.26. The summed E-state index contributed by atoms with van der Waals surface area (Å²) in [4.78, 5) is 0. The first-order valence-corrected chi connectivity index (χ1v) is 13.0. The second-order valence-electron chi connectivity index (χ2n) is 8.58. The van der Waals surface area contributed by atoms with Crippen molar-refractivity contribution in [3.8, 4) is 0 Å². The Hall–Kier alpha value is -1.69. The predicted molar refractivity (Wildman–Crippen MR) is 128 cm³/mol. The summed E-state index contributed by atoms with van der Waals surface area (Å²) in [5.41, 5.74) is 2.45. The maximum absolute atomic E-state index is 2.64. The van der Waals surface area contributed by atoms with E-state index in [-0.39, 0.29) is 17.0 Å². The second-order valence-corrected chi connectivity index (χ2v) is 12.3. The van der Waals surface area contributed by atoms with E-state index in [1.807, 2.05) is 0 Å². The third kappa shape index (κ3) is 3.83. The van der Waals surface area contributed by atoms with Crippen molar-refractivity contribution in [1.29, 1.82) is 0 Å². The topological polar surface area (TPSA) is 0 Å². The highest BCUT2D eigenvalue weighted by Crippen LogP contribution is 2.64. The van der Waals surface area contributed by atoms with Crippen molar-refractivity contribution in [2.75, 3.05) is 0 Å². The molecular weight excluding hydrogens is 447 g/mol. The first kappa shape index (κ1) is 21.5. The maximum atomic E-state index is 2.64. The Labute approximate surface area is 192 Å². The number of rotatable bonds is 4. The molecule has 0 aliphatic heterocycles. The normalized spacial score (nSPS) is 21.1. The van der Waals surface area contributed by atoms with Gasteiger partial charge in [0.25, 0.3) is 0 Å². The molecule has 0 radical (unpaired) electrons. The van der Waals surface area contributed by atoms with Crippen molar-refractivity contribution >= 4 is 23.2 Å². The van der Waals surface area contributed by atoms with Crippen LogP contribution in [0, 0.1) is 5.92 Å². The number of hydrogen-bond acceptors (Lipinski definition) is 0. The molecule has 1 saturated carbocycles. The lowest BCUT2D eigenvalue weighted by atomic mass is 9.77. The van der Waals surface area contributed by atoms with Gasteiger partial charge in [0.1, 0.15) is 23.2 Å². The molecule has 2 heteroatoms. The monoisotopic (exact) mass is 476 g/mol. The van der Waals surface area contributed by atoms with Crippen molar-refractivity contribution in [3.05, 3.63) is 103 Å². The highest BCUT2D eigenvalue weighted by Gasteiger charge is 2.53. The van der Waals surface area contributed by atoms with Gasteiger partial charge in [0.05, 0.1) is 5.66 Å². The zero-order valence-electron chi connectivity index (χ0n) is 17.5. The Balaban J connectivity index is 0.00000218. The smallest absolute Gasteiger partial charge is 0.115 e. The van der Waals surface area contributed by atoms with E-state index >= 15 is 0 Å². The average molecular weight is 477 g/mol. The van der Waals surface area contributed by atoms with Crippen LogP contribution in [0.3, 0.4) is 0 Å². The van der Waals surface area contributed by atoms with Crippen LogP contribution < -0.4 is 32.9 Å². The van der Waals surface area contributed by atoms with Gasteiger partial charge in [-0.3, -0.25) is 0 Å². The van der Waals surface area contributed by atoms with Crippen LogP contribution in [0.5, 0.6) is 0 Å². The van der Waals surface area contributed by atoms with E-state index in [1.54, 1.807) is 5.57 Å². The summed E-state index contributed by atoms with van der Waals surface area (Å²) in [7, 11) is -1.74. The summed E-state index contributed by atoms with van der Waals surface area (Å²) in [5, 5.41) is 4.61. The summed E-state index contributed by atoms with van der Waals surface area (Å²) >= 11 is 0. The van der Waals surface area contributed by atoms with E-state index in [0.717, 1.165) is 5.92 Å². The largest absolute Gasteiger partial charge is 1.00 e. The molecule has 1 fully saturated rings. The van der Waals surface area contributed by atoms with E-state index in [9.17, 15) is 0 Å². The van der Waals surface area contributed by atoms with Crippen LogP contribution in [0.4, 0.5) is 0 Å². The third-order valence-corrected chi connectivity index (χ3v) is 11.9. The molecule has 3 aromatic rings. The zero-order valence-corrected chi connectivity index (χ0v) is 19.9. The molecule has 0 spiro atoms. The van der Waals surface area contributed by atoms with Gasteiger partial charge >= 0.3 is 0 Å². The molecule has 0 bridgehead atoms. The molecule has 0 heterocycles. The molecule has 154 valence electrons. The quantitative estimate of drug-likeness (QED) is 0.400. The Bertz CT molecular complexity index is 869. The van der Waals surface area contributed by atoms with Crippen LogP contribution in [-0.4, -0.2) is 5.66 Å². The molecule has 0 amide bonds. The molecule has 0 N–H and O–H groups in total. The molecule has 2 aliphatic rings. The van der Waals surface area contributed by atoms with Gasteiger partial charge in [0.15, 0.2) is 0 Å². The summed E-state index contributed by atoms with van der Waals surface area (Å²) in [6, 6.07) is 34.3. The first-order valence-electron chi connectivity index (χ1n) is 11.1. The Morgan fingerprint density at radius 1 is 0.633 bits per heavy atom. The Morgan fingerprint density at radius 2 is 1.13 bits per heavy atom. The Kier molecular flexibility index (Phi) is 6.91. The van der Waals surface area contributed by atoms with Crippen molar-refractivity contribution in [1.82, 2.24) is 0 Å².